The summed E-state index contributed by atoms with van der Waals surface area (Å²) in [5.74, 6) is 0. The van der Waals surface area contributed by atoms with Gasteiger partial charge in [-0.2, -0.15) is 0 Å². The van der Waals surface area contributed by atoms with Crippen LogP contribution >= 0.6 is 0 Å². The van der Waals surface area contributed by atoms with Crippen molar-refractivity contribution in [2.75, 3.05) is 0 Å². The normalized spacial score (nSPS) is 12.0. The molecule has 0 amide bonds. The summed E-state index contributed by atoms with van der Waals surface area (Å²) in [5.41, 5.74) is 6.60. The fourth-order valence-corrected chi connectivity index (χ4v) is 5.33. The van der Waals surface area contributed by atoms with Gasteiger partial charge < -0.3 is 0 Å². The quantitative estimate of drug-likeness (QED) is 0.237. The van der Waals surface area contributed by atoms with Gasteiger partial charge in [0, 0.05) is 0 Å². The molecule has 0 spiro atoms. The van der Waals surface area contributed by atoms with E-state index in [1.54, 1.807) is 0 Å². The van der Waals surface area contributed by atoms with E-state index in [2.05, 4.69) is 136 Å². The molecule has 0 bridgehead atoms. The minimum Gasteiger partial charge on any atom is -0.0616 e. The molecule has 0 radical (unpaired) electrons. The van der Waals surface area contributed by atoms with Crippen molar-refractivity contribution in [3.05, 3.63) is 121 Å². The highest BCUT2D eigenvalue weighted by molar-refractivity contribution is 6.09. The summed E-state index contributed by atoms with van der Waals surface area (Å²) in [5, 5.41) is 7.74. The van der Waals surface area contributed by atoms with E-state index in [-0.39, 0.29) is 5.41 Å². The van der Waals surface area contributed by atoms with E-state index >= 15 is 0 Å². The van der Waals surface area contributed by atoms with Crippen LogP contribution in [0, 0.1) is 0 Å². The van der Waals surface area contributed by atoms with Crippen LogP contribution in [0.3, 0.4) is 0 Å². The molecule has 6 aromatic carbocycles. The van der Waals surface area contributed by atoms with Gasteiger partial charge >= 0.3 is 0 Å². The van der Waals surface area contributed by atoms with Crippen LogP contribution in [0.15, 0.2) is 115 Å². The number of fused-ring (bicyclic) bond motifs is 3. The Hall–Kier alpha value is -3.90. The Morgan fingerprint density at radius 2 is 1.00 bits per heavy atom. The molecule has 34 heavy (non-hydrogen) atoms. The maximum atomic E-state index is 2.38. The van der Waals surface area contributed by atoms with Crippen molar-refractivity contribution in [3.63, 3.8) is 0 Å². The highest BCUT2D eigenvalue weighted by Crippen LogP contribution is 2.44. The van der Waals surface area contributed by atoms with Gasteiger partial charge in [0.25, 0.3) is 0 Å². The lowest BCUT2D eigenvalue weighted by molar-refractivity contribution is 0.593. The molecule has 0 atom stereocenters. The highest BCUT2D eigenvalue weighted by Gasteiger charge is 2.23. The Bertz CT molecular complexity index is 1670. The van der Waals surface area contributed by atoms with Crippen molar-refractivity contribution < 1.29 is 0 Å². The molecule has 0 heterocycles. The van der Waals surface area contributed by atoms with Crippen molar-refractivity contribution in [1.29, 1.82) is 0 Å². The first-order valence-corrected chi connectivity index (χ1v) is 12.0. The SMILES string of the molecule is CC(C)(C)c1ccc2cc3ccccc3cc2c1-c1ccccc1-c1cccc2ccccc12. The molecule has 0 unspecified atom stereocenters. The molecule has 0 heteroatoms. The van der Waals surface area contributed by atoms with Gasteiger partial charge in [0.15, 0.2) is 0 Å². The second-order valence-corrected chi connectivity index (χ2v) is 10.2. The van der Waals surface area contributed by atoms with E-state index in [9.17, 15) is 0 Å². The Balaban J connectivity index is 1.74. The average Bonchev–Trinajstić information content (AvgIpc) is 2.86. The molecule has 0 N–H and O–H groups in total. The van der Waals surface area contributed by atoms with Gasteiger partial charge in [-0.15, -0.1) is 0 Å². The van der Waals surface area contributed by atoms with E-state index in [0.717, 1.165) is 0 Å². The summed E-state index contributed by atoms with van der Waals surface area (Å²) in [6.07, 6.45) is 0. The number of hydrogen-bond acceptors (Lipinski definition) is 0. The zero-order chi connectivity index (χ0) is 23.3. The van der Waals surface area contributed by atoms with E-state index in [4.69, 9.17) is 0 Å². The van der Waals surface area contributed by atoms with Gasteiger partial charge in [-0.25, -0.2) is 0 Å². The molecule has 164 valence electrons. The fraction of sp³-hybridized carbons (Fsp3) is 0.118. The van der Waals surface area contributed by atoms with Gasteiger partial charge in [0.2, 0.25) is 0 Å². The molecule has 0 aromatic heterocycles. The Morgan fingerprint density at radius 1 is 0.412 bits per heavy atom. The average molecular weight is 437 g/mol. The maximum Gasteiger partial charge on any atom is -0.00615 e. The predicted octanol–water partition coefficient (Wildman–Crippen LogP) is 9.78. The first-order chi connectivity index (χ1) is 16.5. The van der Waals surface area contributed by atoms with E-state index in [1.165, 1.54) is 60.1 Å². The zero-order valence-corrected chi connectivity index (χ0v) is 20.0. The predicted molar refractivity (Wildman–Crippen MR) is 149 cm³/mol. The van der Waals surface area contributed by atoms with Crippen molar-refractivity contribution in [2.24, 2.45) is 0 Å². The van der Waals surface area contributed by atoms with Crippen molar-refractivity contribution in [3.8, 4) is 22.3 Å². The largest absolute Gasteiger partial charge is 0.0616 e. The Morgan fingerprint density at radius 3 is 1.76 bits per heavy atom. The lowest BCUT2D eigenvalue weighted by Crippen LogP contribution is -2.13. The molecule has 0 fully saturated rings. The molecule has 0 nitrogen and oxygen atoms in total. The lowest BCUT2D eigenvalue weighted by atomic mass is 9.78. The second-order valence-electron chi connectivity index (χ2n) is 10.2. The highest BCUT2D eigenvalue weighted by atomic mass is 14.3. The molecule has 0 aliphatic carbocycles. The summed E-state index contributed by atoms with van der Waals surface area (Å²) >= 11 is 0. The first-order valence-electron chi connectivity index (χ1n) is 12.0. The second kappa shape index (κ2) is 7.85. The summed E-state index contributed by atoms with van der Waals surface area (Å²) in [6, 6.07) is 42.3. The van der Waals surface area contributed by atoms with Crippen LogP contribution in [0.4, 0.5) is 0 Å². The summed E-state index contributed by atoms with van der Waals surface area (Å²) in [6.45, 7) is 6.96. The van der Waals surface area contributed by atoms with Gasteiger partial charge in [-0.05, 0) is 77.7 Å². The third-order valence-electron chi connectivity index (χ3n) is 6.97. The third-order valence-corrected chi connectivity index (χ3v) is 6.97. The molecule has 0 aliphatic rings. The molecular formula is C34H28. The molecule has 6 rings (SSSR count). The molecule has 0 aliphatic heterocycles. The molecule has 0 saturated heterocycles. The lowest BCUT2D eigenvalue weighted by Gasteiger charge is -2.26. The minimum absolute atomic E-state index is 0.0149. The van der Waals surface area contributed by atoms with Crippen LogP contribution in [0.25, 0.3) is 54.6 Å². The summed E-state index contributed by atoms with van der Waals surface area (Å²) in [4.78, 5) is 0. The van der Waals surface area contributed by atoms with Gasteiger partial charge in [0.1, 0.15) is 0 Å². The van der Waals surface area contributed by atoms with Crippen LogP contribution in [0.5, 0.6) is 0 Å². The monoisotopic (exact) mass is 436 g/mol. The first kappa shape index (κ1) is 20.7. The Kier molecular flexibility index (Phi) is 4.78. The van der Waals surface area contributed by atoms with Crippen LogP contribution < -0.4 is 0 Å². The van der Waals surface area contributed by atoms with E-state index in [0.29, 0.717) is 0 Å². The number of hydrogen-bond donors (Lipinski definition) is 0. The minimum atomic E-state index is 0.0149. The van der Waals surface area contributed by atoms with Crippen LogP contribution in [-0.4, -0.2) is 0 Å². The molecular weight excluding hydrogens is 408 g/mol. The van der Waals surface area contributed by atoms with Crippen LogP contribution in [-0.2, 0) is 5.41 Å². The Labute approximate surface area is 201 Å². The number of rotatable bonds is 2. The number of benzene rings is 6. The van der Waals surface area contributed by atoms with E-state index < -0.39 is 0 Å². The van der Waals surface area contributed by atoms with Gasteiger partial charge in [0.05, 0.1) is 0 Å². The maximum absolute atomic E-state index is 2.38. The van der Waals surface area contributed by atoms with Crippen LogP contribution in [0.1, 0.15) is 26.3 Å². The standard InChI is InChI=1S/C34H28/c1-34(2,3)32-20-19-26-21-24-12-4-5-13-25(24)22-31(26)33(32)30-17-9-8-16-29(30)28-18-10-14-23-11-6-7-15-27(23)28/h4-22H,1-3H3. The van der Waals surface area contributed by atoms with Crippen molar-refractivity contribution in [2.45, 2.75) is 26.2 Å². The van der Waals surface area contributed by atoms with Gasteiger partial charge in [-0.1, -0.05) is 124 Å². The smallest absolute Gasteiger partial charge is 0.00615 e. The van der Waals surface area contributed by atoms with E-state index in [1.807, 2.05) is 0 Å². The fourth-order valence-electron chi connectivity index (χ4n) is 5.33. The zero-order valence-electron chi connectivity index (χ0n) is 20.0. The van der Waals surface area contributed by atoms with Crippen molar-refractivity contribution >= 4 is 32.3 Å². The summed E-state index contributed by atoms with van der Waals surface area (Å²) in [7, 11) is 0. The molecule has 6 aromatic rings. The van der Waals surface area contributed by atoms with Crippen LogP contribution in [0.2, 0.25) is 0 Å². The third kappa shape index (κ3) is 3.38. The topological polar surface area (TPSA) is 0 Å². The summed E-state index contributed by atoms with van der Waals surface area (Å²) < 4.78 is 0. The van der Waals surface area contributed by atoms with Crippen molar-refractivity contribution in [1.82, 2.24) is 0 Å². The van der Waals surface area contributed by atoms with Gasteiger partial charge in [-0.3, -0.25) is 0 Å². The molecule has 0 saturated carbocycles.